The van der Waals surface area contributed by atoms with Crippen LogP contribution in [0.1, 0.15) is 16.1 Å². The van der Waals surface area contributed by atoms with E-state index in [1.807, 2.05) is 5.43 Å². The van der Waals surface area contributed by atoms with Gasteiger partial charge in [-0.05, 0) is 13.1 Å². The normalized spacial score (nSPS) is 12.1. The molecule has 0 atom stereocenters. The molecule has 0 aliphatic heterocycles. The number of nitrogens with one attached hydrogen (secondary N) is 1. The van der Waals surface area contributed by atoms with Crippen LogP contribution in [0.15, 0.2) is 28.7 Å². The highest BCUT2D eigenvalue weighted by Gasteiger charge is 2.30. The van der Waals surface area contributed by atoms with Crippen LogP contribution in [0.3, 0.4) is 0 Å². The molecule has 0 saturated heterocycles. The van der Waals surface area contributed by atoms with Gasteiger partial charge in [-0.1, -0.05) is 18.2 Å². The second-order valence-electron chi connectivity index (χ2n) is 4.67. The van der Waals surface area contributed by atoms with Crippen molar-refractivity contribution >= 4 is 16.9 Å². The van der Waals surface area contributed by atoms with Crippen LogP contribution in [0.4, 0.5) is 13.2 Å². The summed E-state index contributed by atoms with van der Waals surface area (Å²) in [6.07, 6.45) is -4.31. The highest BCUT2D eigenvalue weighted by atomic mass is 19.4. The number of para-hydroxylation sites is 1. The van der Waals surface area contributed by atoms with E-state index in [2.05, 4.69) is 0 Å². The zero-order valence-corrected chi connectivity index (χ0v) is 11.2. The first-order chi connectivity index (χ1) is 9.81. The summed E-state index contributed by atoms with van der Waals surface area (Å²) < 4.78 is 42.6. The van der Waals surface area contributed by atoms with Gasteiger partial charge in [0.05, 0.1) is 6.54 Å². The number of carbonyl (C=O) groups excluding carboxylic acids is 1. The number of hydrogen-bond donors (Lipinski definition) is 2. The Kier molecular flexibility index (Phi) is 4.19. The van der Waals surface area contributed by atoms with Crippen molar-refractivity contribution < 1.29 is 22.4 Å². The molecule has 0 radical (unpaired) electrons. The van der Waals surface area contributed by atoms with Crippen LogP contribution in [-0.2, 0) is 6.54 Å². The minimum Gasteiger partial charge on any atom is -0.451 e. The van der Waals surface area contributed by atoms with Crippen LogP contribution < -0.4 is 11.3 Å². The molecule has 0 spiro atoms. The predicted octanol–water partition coefficient (Wildman–Crippen LogP) is 2.03. The maximum Gasteiger partial charge on any atom is 0.401 e. The molecular weight excluding hydrogens is 287 g/mol. The lowest BCUT2D eigenvalue weighted by Crippen LogP contribution is -2.33. The van der Waals surface area contributed by atoms with E-state index in [0.717, 1.165) is 4.90 Å². The number of furan rings is 1. The van der Waals surface area contributed by atoms with Crippen LogP contribution in [0.5, 0.6) is 0 Å². The van der Waals surface area contributed by atoms with E-state index in [0.29, 0.717) is 16.5 Å². The lowest BCUT2D eigenvalue weighted by Gasteiger charge is -2.18. The second-order valence-corrected chi connectivity index (χ2v) is 4.67. The maximum atomic E-state index is 12.4. The van der Waals surface area contributed by atoms with Crippen molar-refractivity contribution in [2.24, 2.45) is 5.84 Å². The standard InChI is InChI=1S/C13H14F3N3O2/c1-19(7-13(14,15)16)6-9-8-4-2-3-5-10(8)21-11(9)12(20)18-17/h2-5H,6-7,17H2,1H3,(H,18,20). The van der Waals surface area contributed by atoms with Crippen molar-refractivity contribution in [1.82, 2.24) is 10.3 Å². The summed E-state index contributed by atoms with van der Waals surface area (Å²) in [5, 5.41) is 0.588. The number of hydrogen-bond acceptors (Lipinski definition) is 4. The summed E-state index contributed by atoms with van der Waals surface area (Å²) in [4.78, 5) is 12.8. The quantitative estimate of drug-likeness (QED) is 0.515. The van der Waals surface area contributed by atoms with Gasteiger partial charge in [0.1, 0.15) is 5.58 Å². The van der Waals surface area contributed by atoms with E-state index in [1.54, 1.807) is 24.3 Å². The van der Waals surface area contributed by atoms with Crippen molar-refractivity contribution in [3.8, 4) is 0 Å². The number of rotatable bonds is 4. The molecule has 1 heterocycles. The molecule has 5 nitrogen and oxygen atoms in total. The van der Waals surface area contributed by atoms with Gasteiger partial charge in [0.25, 0.3) is 0 Å². The largest absolute Gasteiger partial charge is 0.451 e. The molecule has 0 fully saturated rings. The van der Waals surface area contributed by atoms with E-state index in [4.69, 9.17) is 10.3 Å². The number of benzene rings is 1. The Morgan fingerprint density at radius 1 is 1.38 bits per heavy atom. The monoisotopic (exact) mass is 301 g/mol. The lowest BCUT2D eigenvalue weighted by molar-refractivity contribution is -0.144. The smallest absolute Gasteiger partial charge is 0.401 e. The number of amides is 1. The van der Waals surface area contributed by atoms with Gasteiger partial charge in [0.2, 0.25) is 0 Å². The summed E-state index contributed by atoms with van der Waals surface area (Å²) >= 11 is 0. The molecule has 1 aromatic heterocycles. The number of fused-ring (bicyclic) bond motifs is 1. The van der Waals surface area contributed by atoms with E-state index >= 15 is 0 Å². The number of alkyl halides is 3. The average molecular weight is 301 g/mol. The van der Waals surface area contributed by atoms with Crippen LogP contribution in [0, 0.1) is 0 Å². The molecule has 0 aliphatic rings. The molecule has 2 aromatic rings. The van der Waals surface area contributed by atoms with E-state index in [1.165, 1.54) is 7.05 Å². The summed E-state index contributed by atoms with van der Waals surface area (Å²) in [5.41, 5.74) is 2.73. The van der Waals surface area contributed by atoms with Gasteiger partial charge in [-0.15, -0.1) is 0 Å². The first kappa shape index (κ1) is 15.3. The Hall–Kier alpha value is -2.06. The van der Waals surface area contributed by atoms with Crippen molar-refractivity contribution in [2.75, 3.05) is 13.6 Å². The van der Waals surface area contributed by atoms with E-state index in [-0.39, 0.29) is 12.3 Å². The summed E-state index contributed by atoms with van der Waals surface area (Å²) in [6, 6.07) is 6.74. The Balaban J connectivity index is 2.38. The molecule has 0 aliphatic carbocycles. The molecule has 8 heteroatoms. The molecule has 21 heavy (non-hydrogen) atoms. The molecule has 1 aromatic carbocycles. The third-order valence-corrected chi connectivity index (χ3v) is 2.91. The van der Waals surface area contributed by atoms with Crippen molar-refractivity contribution in [2.45, 2.75) is 12.7 Å². The SMILES string of the molecule is CN(Cc1c(C(=O)NN)oc2ccccc12)CC(F)(F)F. The first-order valence-corrected chi connectivity index (χ1v) is 6.08. The highest BCUT2D eigenvalue weighted by Crippen LogP contribution is 2.27. The third-order valence-electron chi connectivity index (χ3n) is 2.91. The number of nitrogens with two attached hydrogens (primary N) is 1. The number of halogens is 3. The Bertz CT molecular complexity index is 652. The van der Waals surface area contributed by atoms with Gasteiger partial charge in [0, 0.05) is 17.5 Å². The van der Waals surface area contributed by atoms with Gasteiger partial charge in [-0.2, -0.15) is 13.2 Å². The fourth-order valence-corrected chi connectivity index (χ4v) is 2.14. The molecule has 2 rings (SSSR count). The highest BCUT2D eigenvalue weighted by molar-refractivity contribution is 5.98. The van der Waals surface area contributed by atoms with Gasteiger partial charge < -0.3 is 4.42 Å². The fourth-order valence-electron chi connectivity index (χ4n) is 2.14. The molecule has 0 saturated carbocycles. The first-order valence-electron chi connectivity index (χ1n) is 6.08. The van der Waals surface area contributed by atoms with Gasteiger partial charge in [0.15, 0.2) is 5.76 Å². The average Bonchev–Trinajstić information content (AvgIpc) is 2.75. The third kappa shape index (κ3) is 3.53. The van der Waals surface area contributed by atoms with Crippen LogP contribution in [0.25, 0.3) is 11.0 Å². The van der Waals surface area contributed by atoms with E-state index in [9.17, 15) is 18.0 Å². The van der Waals surface area contributed by atoms with Gasteiger partial charge in [-0.25, -0.2) is 5.84 Å². The van der Waals surface area contributed by atoms with Gasteiger partial charge >= 0.3 is 12.1 Å². The number of carbonyl (C=O) groups is 1. The molecule has 3 N–H and O–H groups in total. The van der Waals surface area contributed by atoms with Crippen LogP contribution in [-0.4, -0.2) is 30.6 Å². The minimum absolute atomic E-state index is 0.0762. The van der Waals surface area contributed by atoms with Crippen molar-refractivity contribution in [3.63, 3.8) is 0 Å². The predicted molar refractivity (Wildman–Crippen MR) is 70.3 cm³/mol. The zero-order chi connectivity index (χ0) is 15.6. The second kappa shape index (κ2) is 5.74. The van der Waals surface area contributed by atoms with Crippen molar-refractivity contribution in [1.29, 1.82) is 0 Å². The number of nitrogens with zero attached hydrogens (tertiary/aromatic N) is 1. The maximum absolute atomic E-state index is 12.4. The van der Waals surface area contributed by atoms with E-state index < -0.39 is 18.6 Å². The molecule has 1 amide bonds. The Morgan fingerprint density at radius 2 is 2.05 bits per heavy atom. The summed E-state index contributed by atoms with van der Waals surface area (Å²) in [7, 11) is 1.32. The topological polar surface area (TPSA) is 71.5 Å². The van der Waals surface area contributed by atoms with Crippen LogP contribution >= 0.6 is 0 Å². The van der Waals surface area contributed by atoms with Crippen LogP contribution in [0.2, 0.25) is 0 Å². The summed E-state index contributed by atoms with van der Waals surface area (Å²) in [5.74, 6) is 4.32. The van der Waals surface area contributed by atoms with Crippen molar-refractivity contribution in [3.05, 3.63) is 35.6 Å². The Labute approximate surface area is 118 Å². The minimum atomic E-state index is -4.31. The molecule has 114 valence electrons. The lowest BCUT2D eigenvalue weighted by atomic mass is 10.1. The fraction of sp³-hybridized carbons (Fsp3) is 0.308. The summed E-state index contributed by atoms with van der Waals surface area (Å²) in [6.45, 7) is -1.17. The van der Waals surface area contributed by atoms with Gasteiger partial charge in [-0.3, -0.25) is 15.1 Å². The number of hydrazine groups is 1. The zero-order valence-electron chi connectivity index (χ0n) is 11.2. The Morgan fingerprint density at radius 3 is 2.67 bits per heavy atom. The number of nitrogen functional groups attached to an aromatic ring is 1. The molecule has 0 unspecified atom stereocenters. The molecule has 0 bridgehead atoms. The molecular formula is C13H14F3N3O2.